The van der Waals surface area contributed by atoms with Gasteiger partial charge in [-0.2, -0.15) is 0 Å². The maximum Gasteiger partial charge on any atom is 0.268 e. The van der Waals surface area contributed by atoms with Gasteiger partial charge in [-0.25, -0.2) is 0 Å². The summed E-state index contributed by atoms with van der Waals surface area (Å²) in [4.78, 5) is 25.4. The van der Waals surface area contributed by atoms with Crippen molar-refractivity contribution in [3.05, 3.63) is 72.9 Å². The van der Waals surface area contributed by atoms with E-state index in [1.165, 1.54) is 173 Å². The summed E-state index contributed by atoms with van der Waals surface area (Å²) in [6.07, 6.45) is 71.5. The first-order chi connectivity index (χ1) is 34.0. The number of carbonyl (C=O) groups is 1. The Bertz CT molecular complexity index is 1370. The number of rotatable bonds is 53. The van der Waals surface area contributed by atoms with E-state index in [9.17, 15) is 19.4 Å². The molecule has 0 fully saturated rings. The van der Waals surface area contributed by atoms with Gasteiger partial charge in [-0.15, -0.1) is 0 Å². The fourth-order valence-corrected chi connectivity index (χ4v) is 9.09. The first kappa shape index (κ1) is 67.9. The number of nitrogens with zero attached hydrogens (tertiary/aromatic N) is 1. The lowest BCUT2D eigenvalue weighted by Gasteiger charge is -2.29. The number of quaternary nitrogens is 1. The molecule has 3 unspecified atom stereocenters. The summed E-state index contributed by atoms with van der Waals surface area (Å²) in [6, 6.07) is -0.921. The van der Waals surface area contributed by atoms with Crippen molar-refractivity contribution in [1.82, 2.24) is 5.32 Å². The second-order valence-corrected chi connectivity index (χ2v) is 22.4. The Morgan fingerprint density at radius 2 is 0.871 bits per heavy atom. The van der Waals surface area contributed by atoms with Crippen molar-refractivity contribution >= 4 is 13.7 Å². The van der Waals surface area contributed by atoms with Gasteiger partial charge in [0.25, 0.3) is 7.82 Å². The van der Waals surface area contributed by atoms with Crippen LogP contribution in [0.15, 0.2) is 72.9 Å². The maximum atomic E-state index is 12.9. The van der Waals surface area contributed by atoms with Crippen LogP contribution in [-0.4, -0.2) is 68.5 Å². The average Bonchev–Trinajstić information content (AvgIpc) is 3.32. The van der Waals surface area contributed by atoms with Crippen molar-refractivity contribution < 1.29 is 32.9 Å². The Morgan fingerprint density at radius 1 is 0.514 bits per heavy atom. The fraction of sp³-hybridized carbons (Fsp3) is 0.787. The summed E-state index contributed by atoms with van der Waals surface area (Å²) >= 11 is 0. The minimum atomic E-state index is -4.62. The van der Waals surface area contributed by atoms with Crippen LogP contribution in [0.3, 0.4) is 0 Å². The largest absolute Gasteiger partial charge is 0.756 e. The third-order valence-corrected chi connectivity index (χ3v) is 13.9. The van der Waals surface area contributed by atoms with Crippen LogP contribution in [0, 0.1) is 0 Å². The van der Waals surface area contributed by atoms with E-state index in [-0.39, 0.29) is 18.9 Å². The molecule has 0 aromatic rings. The highest BCUT2D eigenvalue weighted by Crippen LogP contribution is 2.38. The van der Waals surface area contributed by atoms with E-state index < -0.39 is 26.6 Å². The third-order valence-electron chi connectivity index (χ3n) is 12.9. The molecule has 0 aromatic carbocycles. The lowest BCUT2D eigenvalue weighted by atomic mass is 10.0. The van der Waals surface area contributed by atoms with Gasteiger partial charge in [-0.05, 0) is 57.8 Å². The van der Waals surface area contributed by atoms with Crippen molar-refractivity contribution in [2.45, 2.75) is 270 Å². The van der Waals surface area contributed by atoms with Crippen LogP contribution in [0.4, 0.5) is 0 Å². The molecule has 0 aliphatic carbocycles. The summed E-state index contributed by atoms with van der Waals surface area (Å²) in [5.74, 6) is -0.254. The van der Waals surface area contributed by atoms with Gasteiger partial charge in [-0.1, -0.05) is 267 Å². The molecule has 0 aliphatic rings. The number of aliphatic hydroxyl groups is 1. The Labute approximate surface area is 434 Å². The van der Waals surface area contributed by atoms with E-state index >= 15 is 0 Å². The van der Waals surface area contributed by atoms with E-state index in [2.05, 4.69) is 79.9 Å². The Hall–Kier alpha value is -2.06. The normalized spacial score (nSPS) is 14.4. The number of allylic oxidation sites excluding steroid dienone is 11. The van der Waals surface area contributed by atoms with Gasteiger partial charge in [-0.3, -0.25) is 9.36 Å². The summed E-state index contributed by atoms with van der Waals surface area (Å²) in [5.41, 5.74) is 0. The van der Waals surface area contributed by atoms with Crippen LogP contribution in [0.1, 0.15) is 258 Å². The number of amides is 1. The molecule has 408 valence electrons. The molecule has 0 saturated carbocycles. The summed E-state index contributed by atoms with van der Waals surface area (Å²) in [6.45, 7) is 4.50. The summed E-state index contributed by atoms with van der Waals surface area (Å²) < 4.78 is 23.3. The molecule has 2 N–H and O–H groups in total. The number of hydrogen-bond acceptors (Lipinski definition) is 6. The molecule has 8 nitrogen and oxygen atoms in total. The van der Waals surface area contributed by atoms with Gasteiger partial charge in [0, 0.05) is 6.42 Å². The van der Waals surface area contributed by atoms with E-state index in [4.69, 9.17) is 9.05 Å². The molecule has 9 heteroatoms. The van der Waals surface area contributed by atoms with Crippen LogP contribution in [-0.2, 0) is 18.4 Å². The Kier molecular flexibility index (Phi) is 50.3. The fourth-order valence-electron chi connectivity index (χ4n) is 8.37. The number of phosphoric ester groups is 1. The highest BCUT2D eigenvalue weighted by Gasteiger charge is 2.23. The van der Waals surface area contributed by atoms with Crippen LogP contribution < -0.4 is 10.2 Å². The highest BCUT2D eigenvalue weighted by atomic mass is 31.2. The van der Waals surface area contributed by atoms with Gasteiger partial charge < -0.3 is 28.8 Å². The number of likely N-dealkylation sites (N-methyl/N-ethyl adjacent to an activating group) is 1. The van der Waals surface area contributed by atoms with Gasteiger partial charge in [0.05, 0.1) is 39.9 Å². The van der Waals surface area contributed by atoms with E-state index in [0.29, 0.717) is 17.4 Å². The second kappa shape index (κ2) is 51.8. The molecular formula is C61H113N2O6P. The monoisotopic (exact) mass is 1000 g/mol. The Balaban J connectivity index is 4.18. The molecule has 0 spiro atoms. The molecule has 0 aliphatic heterocycles. The van der Waals surface area contributed by atoms with Gasteiger partial charge in [0.1, 0.15) is 13.2 Å². The van der Waals surface area contributed by atoms with Crippen molar-refractivity contribution in [2.24, 2.45) is 0 Å². The zero-order chi connectivity index (χ0) is 51.3. The lowest BCUT2D eigenvalue weighted by Crippen LogP contribution is -2.45. The van der Waals surface area contributed by atoms with Crippen molar-refractivity contribution in [1.29, 1.82) is 0 Å². The smallest absolute Gasteiger partial charge is 0.268 e. The molecule has 70 heavy (non-hydrogen) atoms. The van der Waals surface area contributed by atoms with Crippen LogP contribution in [0.2, 0.25) is 0 Å². The third kappa shape index (κ3) is 53.7. The predicted molar refractivity (Wildman–Crippen MR) is 302 cm³/mol. The van der Waals surface area contributed by atoms with Gasteiger partial charge in [0.2, 0.25) is 5.91 Å². The first-order valence-corrected chi connectivity index (χ1v) is 30.8. The average molecular weight is 1000 g/mol. The van der Waals surface area contributed by atoms with Crippen LogP contribution >= 0.6 is 7.82 Å². The molecule has 3 atom stereocenters. The molecule has 0 saturated heterocycles. The molecular weight excluding hydrogens is 888 g/mol. The maximum absolute atomic E-state index is 12.9. The zero-order valence-electron chi connectivity index (χ0n) is 46.5. The second-order valence-electron chi connectivity index (χ2n) is 21.0. The Morgan fingerprint density at radius 3 is 1.26 bits per heavy atom. The SMILES string of the molecule is CC/C=C\C/C=C\C/C=C\C/C=C\C/C=C\CCCC(=O)NC(COP(=O)([O-])OCC[N+](C)(C)C)C(O)/C=C/CCCCCCCCCCCCCCCCCCCCCCCCCCCCCCC. The minimum absolute atomic E-state index is 0.0146. The molecule has 0 rings (SSSR count). The number of hydrogen-bond donors (Lipinski definition) is 2. The molecule has 0 heterocycles. The quantitative estimate of drug-likeness (QED) is 0.0272. The van der Waals surface area contributed by atoms with Gasteiger partial charge in [0.15, 0.2) is 0 Å². The number of carbonyl (C=O) groups excluding carboxylic acids is 1. The summed E-state index contributed by atoms with van der Waals surface area (Å²) in [7, 11) is 1.22. The number of aliphatic hydroxyl groups excluding tert-OH is 1. The van der Waals surface area contributed by atoms with Crippen LogP contribution in [0.5, 0.6) is 0 Å². The summed E-state index contributed by atoms with van der Waals surface area (Å²) in [5, 5.41) is 13.8. The number of phosphoric acid groups is 1. The number of unbranched alkanes of at least 4 members (excludes halogenated alkanes) is 30. The van der Waals surface area contributed by atoms with E-state index in [1.807, 2.05) is 27.2 Å². The molecule has 1 amide bonds. The van der Waals surface area contributed by atoms with Crippen LogP contribution in [0.25, 0.3) is 0 Å². The topological polar surface area (TPSA) is 108 Å². The molecule has 0 aromatic heterocycles. The minimum Gasteiger partial charge on any atom is -0.756 e. The standard InChI is InChI=1S/C61H113N2O6P/c1-6-8-10-12-14-16-18-20-22-24-25-26-27-28-29-30-31-32-33-34-35-36-37-39-40-42-44-46-48-50-52-54-60(64)59(58-69-70(66,67)68-57-56-63(3,4)5)62-61(65)55-53-51-49-47-45-43-41-38-23-21-19-17-15-13-11-9-7-2/h9,11,15,17,21,23,41,43,47,49,52,54,59-60,64H,6-8,10,12-14,16,18-20,22,24-40,42,44-46,48,50-51,53,55-58H2,1-5H3,(H-,62,65,66,67)/b11-9-,17-15-,23-21-,43-41-,49-47-,54-52+. The highest BCUT2D eigenvalue weighted by molar-refractivity contribution is 7.45. The van der Waals surface area contributed by atoms with Gasteiger partial charge >= 0.3 is 0 Å². The van der Waals surface area contributed by atoms with E-state index in [1.54, 1.807) is 6.08 Å². The zero-order valence-corrected chi connectivity index (χ0v) is 47.4. The molecule has 0 bridgehead atoms. The first-order valence-electron chi connectivity index (χ1n) is 29.3. The van der Waals surface area contributed by atoms with Crippen molar-refractivity contribution in [3.8, 4) is 0 Å². The van der Waals surface area contributed by atoms with Crippen molar-refractivity contribution in [3.63, 3.8) is 0 Å². The lowest BCUT2D eigenvalue weighted by molar-refractivity contribution is -0.870. The van der Waals surface area contributed by atoms with Crippen molar-refractivity contribution in [2.75, 3.05) is 40.9 Å². The molecule has 0 radical (unpaired) electrons. The number of nitrogens with one attached hydrogen (secondary N) is 1. The predicted octanol–water partition coefficient (Wildman–Crippen LogP) is 17.2. The van der Waals surface area contributed by atoms with E-state index in [0.717, 1.165) is 57.8 Å².